The molecule has 0 radical (unpaired) electrons. The zero-order valence-electron chi connectivity index (χ0n) is 13.0. The first-order valence-corrected chi connectivity index (χ1v) is 8.11. The molecule has 0 amide bonds. The molecule has 2 heterocycles. The Hall–Kier alpha value is -1.36. The lowest BCUT2D eigenvalue weighted by molar-refractivity contribution is 0.106. The topological polar surface area (TPSA) is 41.3 Å². The maximum atomic E-state index is 10.5. The molecule has 1 aliphatic heterocycles. The van der Waals surface area contributed by atoms with Crippen molar-refractivity contribution < 1.29 is 5.11 Å². The Kier molecular flexibility index (Phi) is 4.52. The number of likely N-dealkylation sites (tertiary alicyclic amines) is 1. The van der Waals surface area contributed by atoms with Crippen molar-refractivity contribution in [3.63, 3.8) is 0 Å². The molecule has 22 heavy (non-hydrogen) atoms. The number of aryl methyl sites for hydroxylation is 2. The van der Waals surface area contributed by atoms with Crippen LogP contribution in [0, 0.1) is 6.92 Å². The van der Waals surface area contributed by atoms with Crippen LogP contribution in [0.2, 0.25) is 5.15 Å². The second-order valence-electron chi connectivity index (χ2n) is 5.99. The Labute approximate surface area is 136 Å². The minimum Gasteiger partial charge on any atom is -0.387 e. The first-order valence-electron chi connectivity index (χ1n) is 7.74. The highest BCUT2D eigenvalue weighted by Gasteiger charge is 2.32. The van der Waals surface area contributed by atoms with Gasteiger partial charge in [-0.15, -0.1) is 0 Å². The average Bonchev–Trinajstić information content (AvgIpc) is 3.05. The second-order valence-corrected chi connectivity index (χ2v) is 6.35. The van der Waals surface area contributed by atoms with Gasteiger partial charge in [0, 0.05) is 25.2 Å². The Bertz CT molecular complexity index is 641. The Balaban J connectivity index is 1.79. The molecule has 1 aliphatic rings. The average molecular weight is 320 g/mol. The van der Waals surface area contributed by atoms with Gasteiger partial charge in [-0.1, -0.05) is 41.9 Å². The minimum atomic E-state index is -0.474. The summed E-state index contributed by atoms with van der Waals surface area (Å²) in [4.78, 5) is 2.33. The van der Waals surface area contributed by atoms with Crippen LogP contribution in [0.25, 0.3) is 0 Å². The predicted molar refractivity (Wildman–Crippen MR) is 87.9 cm³/mol. The largest absolute Gasteiger partial charge is 0.387 e. The highest BCUT2D eigenvalue weighted by atomic mass is 35.5. The van der Waals surface area contributed by atoms with Gasteiger partial charge in [0.05, 0.1) is 11.8 Å². The van der Waals surface area contributed by atoms with E-state index >= 15 is 0 Å². The monoisotopic (exact) mass is 319 g/mol. The van der Waals surface area contributed by atoms with Crippen LogP contribution >= 0.6 is 11.6 Å². The maximum absolute atomic E-state index is 10.5. The molecule has 0 unspecified atom stereocenters. The van der Waals surface area contributed by atoms with Crippen molar-refractivity contribution in [3.05, 3.63) is 52.3 Å². The predicted octanol–water partition coefficient (Wildman–Crippen LogP) is 3.25. The van der Waals surface area contributed by atoms with Gasteiger partial charge >= 0.3 is 0 Å². The number of aliphatic hydroxyl groups is 1. The number of aromatic nitrogens is 2. The number of hydrogen-bond acceptors (Lipinski definition) is 3. The van der Waals surface area contributed by atoms with Gasteiger partial charge in [0.25, 0.3) is 0 Å². The zero-order chi connectivity index (χ0) is 15.7. The van der Waals surface area contributed by atoms with E-state index in [0.717, 1.165) is 36.2 Å². The number of aliphatic hydroxyl groups excluding tert-OH is 1. The van der Waals surface area contributed by atoms with Crippen LogP contribution in [0.3, 0.4) is 0 Å². The van der Waals surface area contributed by atoms with Crippen molar-refractivity contribution in [2.45, 2.75) is 31.9 Å². The second kappa shape index (κ2) is 6.41. The molecule has 0 bridgehead atoms. The number of hydrogen-bond donors (Lipinski definition) is 1. The minimum absolute atomic E-state index is 0.250. The van der Waals surface area contributed by atoms with Gasteiger partial charge < -0.3 is 5.11 Å². The maximum Gasteiger partial charge on any atom is 0.131 e. The normalized spacial score (nSPS) is 20.5. The van der Waals surface area contributed by atoms with Crippen molar-refractivity contribution >= 4 is 11.6 Å². The summed E-state index contributed by atoms with van der Waals surface area (Å²) >= 11 is 6.42. The molecule has 1 fully saturated rings. The third-order valence-corrected chi connectivity index (χ3v) is 4.93. The molecule has 4 nitrogen and oxygen atoms in total. The van der Waals surface area contributed by atoms with E-state index in [-0.39, 0.29) is 6.04 Å². The van der Waals surface area contributed by atoms with Crippen LogP contribution in [-0.2, 0) is 7.05 Å². The van der Waals surface area contributed by atoms with E-state index in [4.69, 9.17) is 11.6 Å². The fourth-order valence-corrected chi connectivity index (χ4v) is 3.70. The van der Waals surface area contributed by atoms with Crippen molar-refractivity contribution in [1.82, 2.24) is 14.7 Å². The van der Waals surface area contributed by atoms with Crippen LogP contribution in [0.5, 0.6) is 0 Å². The Morgan fingerprint density at radius 3 is 2.73 bits per heavy atom. The standard InChI is InChI=1S/C17H22ClN3O/c1-12-16(17(18)20(2)19-12)14-9-6-10-21(14)11-15(22)13-7-4-3-5-8-13/h3-5,7-8,14-15,22H,6,9-11H2,1-2H3/t14-,15-/m0/s1. The van der Waals surface area contributed by atoms with Gasteiger partial charge in [0.15, 0.2) is 0 Å². The molecular weight excluding hydrogens is 298 g/mol. The lowest BCUT2D eigenvalue weighted by Gasteiger charge is -2.27. The summed E-state index contributed by atoms with van der Waals surface area (Å²) in [6.07, 6.45) is 1.71. The molecule has 5 heteroatoms. The third-order valence-electron chi connectivity index (χ3n) is 4.48. The molecule has 2 atom stereocenters. The van der Waals surface area contributed by atoms with E-state index < -0.39 is 6.10 Å². The number of β-amino-alcohol motifs (C(OH)–C–C–N with tert-alkyl or cyclic N) is 1. The van der Waals surface area contributed by atoms with Gasteiger partial charge in [-0.25, -0.2) is 0 Å². The fourth-order valence-electron chi connectivity index (χ4n) is 3.40. The first-order chi connectivity index (χ1) is 10.6. The van der Waals surface area contributed by atoms with E-state index in [2.05, 4.69) is 10.00 Å². The van der Waals surface area contributed by atoms with Crippen molar-refractivity contribution in [2.75, 3.05) is 13.1 Å². The van der Waals surface area contributed by atoms with Gasteiger partial charge in [0.1, 0.15) is 5.15 Å². The van der Waals surface area contributed by atoms with Crippen LogP contribution in [0.4, 0.5) is 0 Å². The van der Waals surface area contributed by atoms with Crippen LogP contribution in [0.15, 0.2) is 30.3 Å². The van der Waals surface area contributed by atoms with Crippen LogP contribution < -0.4 is 0 Å². The summed E-state index contributed by atoms with van der Waals surface area (Å²) in [6.45, 7) is 3.61. The molecule has 0 spiro atoms. The Morgan fingerprint density at radius 2 is 2.09 bits per heavy atom. The van der Waals surface area contributed by atoms with E-state index in [1.165, 1.54) is 0 Å². The fraction of sp³-hybridized carbons (Fsp3) is 0.471. The van der Waals surface area contributed by atoms with E-state index in [1.807, 2.05) is 44.3 Å². The molecule has 1 N–H and O–H groups in total. The Morgan fingerprint density at radius 1 is 1.36 bits per heavy atom. The van der Waals surface area contributed by atoms with Gasteiger partial charge in [0.2, 0.25) is 0 Å². The molecule has 118 valence electrons. The highest BCUT2D eigenvalue weighted by Crippen LogP contribution is 2.38. The lowest BCUT2D eigenvalue weighted by atomic mass is 10.0. The van der Waals surface area contributed by atoms with Gasteiger partial charge in [-0.2, -0.15) is 5.10 Å². The number of benzene rings is 1. The highest BCUT2D eigenvalue weighted by molar-refractivity contribution is 6.30. The quantitative estimate of drug-likeness (QED) is 0.940. The number of rotatable bonds is 4. The number of halogens is 1. The molecule has 1 aromatic heterocycles. The summed E-state index contributed by atoms with van der Waals surface area (Å²) < 4.78 is 1.73. The zero-order valence-corrected chi connectivity index (χ0v) is 13.8. The van der Waals surface area contributed by atoms with E-state index in [1.54, 1.807) is 4.68 Å². The molecule has 0 aliphatic carbocycles. The summed E-state index contributed by atoms with van der Waals surface area (Å²) in [5.41, 5.74) is 3.06. The molecule has 1 aromatic carbocycles. The summed E-state index contributed by atoms with van der Waals surface area (Å²) in [7, 11) is 1.87. The van der Waals surface area contributed by atoms with Crippen molar-refractivity contribution in [1.29, 1.82) is 0 Å². The smallest absolute Gasteiger partial charge is 0.131 e. The van der Waals surface area contributed by atoms with Gasteiger partial charge in [-0.05, 0) is 31.9 Å². The first kappa shape index (κ1) is 15.5. The molecule has 3 rings (SSSR count). The summed E-state index contributed by atoms with van der Waals surface area (Å²) in [5.74, 6) is 0. The summed E-state index contributed by atoms with van der Waals surface area (Å²) in [6, 6.07) is 10.1. The molecular formula is C17H22ClN3O. The van der Waals surface area contributed by atoms with Gasteiger partial charge in [-0.3, -0.25) is 9.58 Å². The van der Waals surface area contributed by atoms with Crippen molar-refractivity contribution in [2.24, 2.45) is 7.05 Å². The number of nitrogens with zero attached hydrogens (tertiary/aromatic N) is 3. The molecule has 0 saturated carbocycles. The van der Waals surface area contributed by atoms with Crippen LogP contribution in [0.1, 0.15) is 41.8 Å². The third kappa shape index (κ3) is 2.91. The SMILES string of the molecule is Cc1nn(C)c(Cl)c1[C@@H]1CCCN1C[C@H](O)c1ccccc1. The summed E-state index contributed by atoms with van der Waals surface area (Å²) in [5, 5.41) is 15.6. The molecule has 2 aromatic rings. The molecule has 1 saturated heterocycles. The van der Waals surface area contributed by atoms with E-state index in [0.29, 0.717) is 11.7 Å². The van der Waals surface area contributed by atoms with Crippen LogP contribution in [-0.4, -0.2) is 32.9 Å². The lowest BCUT2D eigenvalue weighted by Crippen LogP contribution is -2.28. The van der Waals surface area contributed by atoms with Crippen molar-refractivity contribution in [3.8, 4) is 0 Å². The van der Waals surface area contributed by atoms with E-state index in [9.17, 15) is 5.11 Å².